The molecule has 114 valence electrons. The highest BCUT2D eigenvalue weighted by molar-refractivity contribution is 8.16. The molecule has 1 amide bonds. The van der Waals surface area contributed by atoms with Crippen LogP contribution in [0.1, 0.15) is 39.8 Å². The van der Waals surface area contributed by atoms with E-state index in [9.17, 15) is 4.79 Å². The molecule has 3 nitrogen and oxygen atoms in total. The molecule has 2 aliphatic heterocycles. The molecule has 1 atom stereocenters. The lowest BCUT2D eigenvalue weighted by Gasteiger charge is -2.24. The summed E-state index contributed by atoms with van der Waals surface area (Å²) in [6, 6.07) is 8.44. The van der Waals surface area contributed by atoms with Gasteiger partial charge in [-0.1, -0.05) is 12.1 Å². The molecule has 0 aliphatic carbocycles. The van der Waals surface area contributed by atoms with Crippen molar-refractivity contribution in [2.45, 2.75) is 29.9 Å². The number of hydrogen-bond donors (Lipinski definition) is 1. The molecule has 21 heavy (non-hydrogen) atoms. The highest BCUT2D eigenvalue weighted by Gasteiger charge is 2.28. The van der Waals surface area contributed by atoms with Crippen LogP contribution >= 0.6 is 23.5 Å². The van der Waals surface area contributed by atoms with Gasteiger partial charge >= 0.3 is 0 Å². The number of benzene rings is 1. The van der Waals surface area contributed by atoms with Gasteiger partial charge in [-0.2, -0.15) is 0 Å². The summed E-state index contributed by atoms with van der Waals surface area (Å²) >= 11 is 4.02. The molecule has 0 saturated carbocycles. The number of carbonyl (C=O) groups excluding carboxylic acids is 1. The van der Waals surface area contributed by atoms with Gasteiger partial charge in [-0.15, -0.1) is 23.5 Å². The fraction of sp³-hybridized carbons (Fsp3) is 0.562. The minimum atomic E-state index is 0.137. The second-order valence-corrected chi connectivity index (χ2v) is 8.30. The van der Waals surface area contributed by atoms with Crippen molar-refractivity contribution < 1.29 is 4.79 Å². The molecule has 2 aliphatic rings. The van der Waals surface area contributed by atoms with E-state index in [4.69, 9.17) is 5.73 Å². The number of nitrogens with two attached hydrogens (primary N) is 1. The maximum atomic E-state index is 12.6. The third-order valence-corrected chi connectivity index (χ3v) is 7.18. The number of nitrogens with zero attached hydrogens (tertiary/aromatic N) is 1. The number of carbonyl (C=O) groups is 1. The standard InChI is InChI=1S/C16H22N2OS2/c17-11-14-3-1-8-18(14)15(19)12-4-6-13(7-5-12)16-20-9-2-10-21-16/h4-7,14,16H,1-3,8-11,17H2. The molecular formula is C16H22N2OS2. The van der Waals surface area contributed by atoms with Crippen LogP contribution in [0, 0.1) is 0 Å². The van der Waals surface area contributed by atoms with Crippen molar-refractivity contribution in [2.24, 2.45) is 5.73 Å². The number of rotatable bonds is 3. The monoisotopic (exact) mass is 322 g/mol. The molecular weight excluding hydrogens is 300 g/mol. The molecule has 1 unspecified atom stereocenters. The van der Waals surface area contributed by atoms with Crippen molar-refractivity contribution in [1.29, 1.82) is 0 Å². The van der Waals surface area contributed by atoms with Crippen LogP contribution in [0.5, 0.6) is 0 Å². The van der Waals surface area contributed by atoms with Crippen molar-refractivity contribution in [1.82, 2.24) is 4.90 Å². The largest absolute Gasteiger partial charge is 0.334 e. The summed E-state index contributed by atoms with van der Waals surface area (Å²) in [4.78, 5) is 14.5. The van der Waals surface area contributed by atoms with Crippen LogP contribution in [-0.2, 0) is 0 Å². The SMILES string of the molecule is NCC1CCCN1C(=O)c1ccc(C2SCCCS2)cc1. The molecule has 5 heteroatoms. The third-order valence-electron chi connectivity index (χ3n) is 4.17. The Labute approximate surface area is 135 Å². The predicted molar refractivity (Wildman–Crippen MR) is 91.8 cm³/mol. The summed E-state index contributed by atoms with van der Waals surface area (Å²) in [6.45, 7) is 1.41. The number of amides is 1. The predicted octanol–water partition coefficient (Wildman–Crippen LogP) is 3.12. The minimum absolute atomic E-state index is 0.137. The molecule has 2 saturated heterocycles. The summed E-state index contributed by atoms with van der Waals surface area (Å²) in [5.74, 6) is 2.62. The number of hydrogen-bond acceptors (Lipinski definition) is 4. The van der Waals surface area contributed by atoms with Crippen LogP contribution in [0.15, 0.2) is 24.3 Å². The van der Waals surface area contributed by atoms with Crippen LogP contribution < -0.4 is 5.73 Å². The average molecular weight is 322 g/mol. The van der Waals surface area contributed by atoms with Crippen LogP contribution in [0.4, 0.5) is 0 Å². The number of thioether (sulfide) groups is 2. The summed E-state index contributed by atoms with van der Waals surface area (Å²) in [5, 5.41) is 0. The first kappa shape index (κ1) is 15.3. The van der Waals surface area contributed by atoms with E-state index >= 15 is 0 Å². The second kappa shape index (κ2) is 7.07. The lowest BCUT2D eigenvalue weighted by molar-refractivity contribution is 0.0741. The first-order valence-corrected chi connectivity index (χ1v) is 9.73. The minimum Gasteiger partial charge on any atom is -0.334 e. The van der Waals surface area contributed by atoms with Gasteiger partial charge in [0.2, 0.25) is 0 Å². The molecule has 0 spiro atoms. The Hall–Kier alpha value is -0.650. The fourth-order valence-corrected chi connectivity index (χ4v) is 5.87. The molecule has 2 fully saturated rings. The molecule has 1 aromatic carbocycles. The first-order chi connectivity index (χ1) is 10.3. The maximum Gasteiger partial charge on any atom is 0.254 e. The van der Waals surface area contributed by atoms with E-state index in [0.717, 1.165) is 24.9 Å². The Morgan fingerprint density at radius 3 is 2.57 bits per heavy atom. The quantitative estimate of drug-likeness (QED) is 0.929. The van der Waals surface area contributed by atoms with E-state index in [-0.39, 0.29) is 11.9 Å². The first-order valence-electron chi connectivity index (χ1n) is 7.64. The van der Waals surface area contributed by atoms with Crippen molar-refractivity contribution in [3.8, 4) is 0 Å². The molecule has 0 bridgehead atoms. The summed E-state index contributed by atoms with van der Waals surface area (Å²) in [5.41, 5.74) is 7.89. The zero-order chi connectivity index (χ0) is 14.7. The molecule has 2 N–H and O–H groups in total. The van der Waals surface area contributed by atoms with Crippen LogP contribution in [0.3, 0.4) is 0 Å². The molecule has 0 aromatic heterocycles. The van der Waals surface area contributed by atoms with Crippen molar-refractivity contribution >= 4 is 29.4 Å². The Balaban J connectivity index is 1.70. The molecule has 3 rings (SSSR count). The number of likely N-dealkylation sites (tertiary alicyclic amines) is 1. The third kappa shape index (κ3) is 3.41. The highest BCUT2D eigenvalue weighted by Crippen LogP contribution is 2.43. The van der Waals surface area contributed by atoms with Crippen LogP contribution in [0.25, 0.3) is 0 Å². The molecule has 0 radical (unpaired) electrons. The summed E-state index contributed by atoms with van der Waals surface area (Å²) < 4.78 is 0.534. The van der Waals surface area contributed by atoms with E-state index < -0.39 is 0 Å². The van der Waals surface area contributed by atoms with Crippen molar-refractivity contribution in [2.75, 3.05) is 24.6 Å². The van der Waals surface area contributed by atoms with Gasteiger partial charge in [0.25, 0.3) is 5.91 Å². The van der Waals surface area contributed by atoms with E-state index in [1.807, 2.05) is 40.6 Å². The average Bonchev–Trinajstić information content (AvgIpc) is 3.04. The highest BCUT2D eigenvalue weighted by atomic mass is 32.2. The van der Waals surface area contributed by atoms with Gasteiger partial charge in [0, 0.05) is 24.7 Å². The lowest BCUT2D eigenvalue weighted by atomic mass is 10.1. The Morgan fingerprint density at radius 1 is 1.19 bits per heavy atom. The van der Waals surface area contributed by atoms with E-state index in [2.05, 4.69) is 12.1 Å². The molecule has 1 aromatic rings. The van der Waals surface area contributed by atoms with Gasteiger partial charge < -0.3 is 10.6 Å². The summed E-state index contributed by atoms with van der Waals surface area (Å²) in [6.07, 6.45) is 3.41. The van der Waals surface area contributed by atoms with Gasteiger partial charge in [-0.05, 0) is 48.5 Å². The van der Waals surface area contributed by atoms with Gasteiger partial charge in [-0.3, -0.25) is 4.79 Å². The van der Waals surface area contributed by atoms with E-state index in [1.165, 1.54) is 23.5 Å². The maximum absolute atomic E-state index is 12.6. The Morgan fingerprint density at radius 2 is 1.90 bits per heavy atom. The van der Waals surface area contributed by atoms with Gasteiger partial charge in [0.1, 0.15) is 0 Å². The van der Waals surface area contributed by atoms with Crippen molar-refractivity contribution in [3.63, 3.8) is 0 Å². The normalized spacial score (nSPS) is 23.5. The molecule has 2 heterocycles. The van der Waals surface area contributed by atoms with Gasteiger partial charge in [-0.25, -0.2) is 0 Å². The van der Waals surface area contributed by atoms with Crippen molar-refractivity contribution in [3.05, 3.63) is 35.4 Å². The zero-order valence-corrected chi connectivity index (χ0v) is 13.8. The smallest absolute Gasteiger partial charge is 0.254 e. The van der Waals surface area contributed by atoms with Crippen LogP contribution in [-0.4, -0.2) is 41.4 Å². The van der Waals surface area contributed by atoms with Gasteiger partial charge in [0.15, 0.2) is 0 Å². The van der Waals surface area contributed by atoms with E-state index in [0.29, 0.717) is 11.1 Å². The Bertz CT molecular complexity index is 486. The second-order valence-electron chi connectivity index (χ2n) is 5.58. The lowest BCUT2D eigenvalue weighted by Crippen LogP contribution is -2.39. The topological polar surface area (TPSA) is 46.3 Å². The summed E-state index contributed by atoms with van der Waals surface area (Å²) in [7, 11) is 0. The Kier molecular flexibility index (Phi) is 5.14. The van der Waals surface area contributed by atoms with E-state index in [1.54, 1.807) is 0 Å². The van der Waals surface area contributed by atoms with Gasteiger partial charge in [0.05, 0.1) is 4.58 Å². The van der Waals surface area contributed by atoms with Crippen LogP contribution in [0.2, 0.25) is 0 Å². The zero-order valence-electron chi connectivity index (χ0n) is 12.2. The fourth-order valence-electron chi connectivity index (χ4n) is 2.98.